The smallest absolute Gasteiger partial charge is 0.306 e. The summed E-state index contributed by atoms with van der Waals surface area (Å²) in [4.78, 5) is 14.5. The molecule has 1 rings (SSSR count). The Balaban J connectivity index is 2.38. The van der Waals surface area contributed by atoms with Gasteiger partial charge in [-0.2, -0.15) is 4.98 Å². The van der Waals surface area contributed by atoms with Crippen molar-refractivity contribution in [2.45, 2.75) is 26.9 Å². The molecule has 0 atom stereocenters. The first kappa shape index (κ1) is 8.70. The molecule has 0 fully saturated rings. The Hall–Kier alpha value is -1.39. The summed E-state index contributed by atoms with van der Waals surface area (Å²) in [5, 5.41) is 3.54. The van der Waals surface area contributed by atoms with Crippen LogP contribution in [0, 0.1) is 6.92 Å². The first-order chi connectivity index (χ1) is 5.72. The van der Waals surface area contributed by atoms with Crippen LogP contribution in [0.2, 0.25) is 0 Å². The Bertz CT molecular complexity index is 269. The van der Waals surface area contributed by atoms with Gasteiger partial charge in [-0.25, -0.2) is 0 Å². The molecule has 1 heterocycles. The number of aryl methyl sites for hydroxylation is 1. The third-order valence-electron chi connectivity index (χ3n) is 1.21. The first-order valence-corrected chi connectivity index (χ1v) is 3.67. The van der Waals surface area contributed by atoms with E-state index in [9.17, 15) is 4.79 Å². The lowest BCUT2D eigenvalue weighted by molar-refractivity contribution is -0.145. The lowest BCUT2D eigenvalue weighted by Crippen LogP contribution is -2.02. The molecule has 0 radical (unpaired) electrons. The molecule has 66 valence electrons. The summed E-state index contributed by atoms with van der Waals surface area (Å²) in [6.07, 6.45) is 0.354. The average Bonchev–Trinajstić information content (AvgIpc) is 2.47. The van der Waals surface area contributed by atoms with Gasteiger partial charge < -0.3 is 9.26 Å². The van der Waals surface area contributed by atoms with Crippen molar-refractivity contribution in [2.75, 3.05) is 0 Å². The summed E-state index contributed by atoms with van der Waals surface area (Å²) in [6, 6.07) is 0. The molecule has 0 saturated carbocycles. The maximum absolute atomic E-state index is 10.7. The minimum absolute atomic E-state index is 0.0630. The fraction of sp³-hybridized carbons (Fsp3) is 0.571. The van der Waals surface area contributed by atoms with E-state index in [4.69, 9.17) is 9.26 Å². The molecule has 1 aromatic rings. The maximum Gasteiger partial charge on any atom is 0.306 e. The van der Waals surface area contributed by atoms with Crippen LogP contribution in [0.25, 0.3) is 0 Å². The summed E-state index contributed by atoms with van der Waals surface area (Å²) in [5.74, 6) is 0.595. The van der Waals surface area contributed by atoms with Crippen molar-refractivity contribution in [3.63, 3.8) is 0 Å². The Morgan fingerprint density at radius 1 is 1.67 bits per heavy atom. The largest absolute Gasteiger partial charge is 0.456 e. The number of carbonyl (C=O) groups is 1. The molecule has 12 heavy (non-hydrogen) atoms. The van der Waals surface area contributed by atoms with Gasteiger partial charge in [0.15, 0.2) is 12.4 Å². The van der Waals surface area contributed by atoms with E-state index in [2.05, 4.69) is 10.1 Å². The van der Waals surface area contributed by atoms with E-state index in [0.29, 0.717) is 18.1 Å². The molecule has 0 aromatic carbocycles. The Labute approximate surface area is 69.7 Å². The number of rotatable bonds is 3. The predicted molar refractivity (Wildman–Crippen MR) is 39.1 cm³/mol. The highest BCUT2D eigenvalue weighted by Gasteiger charge is 2.05. The average molecular weight is 170 g/mol. The molecule has 0 bridgehead atoms. The fourth-order valence-electron chi connectivity index (χ4n) is 0.643. The number of hydrogen-bond donors (Lipinski definition) is 0. The second-order valence-corrected chi connectivity index (χ2v) is 2.25. The molecule has 1 aromatic heterocycles. The second kappa shape index (κ2) is 3.85. The molecule has 0 aliphatic rings. The molecule has 0 saturated heterocycles. The topological polar surface area (TPSA) is 65.2 Å². The van der Waals surface area contributed by atoms with Crippen LogP contribution in [0.15, 0.2) is 4.52 Å². The Morgan fingerprint density at radius 3 is 2.92 bits per heavy atom. The fourth-order valence-corrected chi connectivity index (χ4v) is 0.643. The quantitative estimate of drug-likeness (QED) is 0.628. The van der Waals surface area contributed by atoms with E-state index in [-0.39, 0.29) is 12.6 Å². The third kappa shape index (κ3) is 2.34. The minimum Gasteiger partial charge on any atom is -0.456 e. The maximum atomic E-state index is 10.7. The SMILES string of the molecule is CCC(=O)OCc1nc(C)no1. The van der Waals surface area contributed by atoms with Gasteiger partial charge in [0.1, 0.15) is 0 Å². The number of carbonyl (C=O) groups excluding carboxylic acids is 1. The molecule has 0 spiro atoms. The van der Waals surface area contributed by atoms with Crippen molar-refractivity contribution in [3.8, 4) is 0 Å². The van der Waals surface area contributed by atoms with E-state index in [1.54, 1.807) is 13.8 Å². The lowest BCUT2D eigenvalue weighted by Gasteiger charge is -1.96. The summed E-state index contributed by atoms with van der Waals surface area (Å²) >= 11 is 0. The van der Waals surface area contributed by atoms with Gasteiger partial charge in [-0.05, 0) is 6.92 Å². The zero-order chi connectivity index (χ0) is 8.97. The molecular formula is C7H10N2O3. The molecule has 5 nitrogen and oxygen atoms in total. The van der Waals surface area contributed by atoms with Crippen LogP contribution in [-0.4, -0.2) is 16.1 Å². The van der Waals surface area contributed by atoms with Gasteiger partial charge in [-0.1, -0.05) is 12.1 Å². The van der Waals surface area contributed by atoms with Crippen molar-refractivity contribution in [2.24, 2.45) is 0 Å². The minimum atomic E-state index is -0.272. The number of esters is 1. The van der Waals surface area contributed by atoms with Crippen LogP contribution in [-0.2, 0) is 16.1 Å². The summed E-state index contributed by atoms with van der Waals surface area (Å²) in [7, 11) is 0. The van der Waals surface area contributed by atoms with Crippen LogP contribution in [0.1, 0.15) is 25.1 Å². The number of ether oxygens (including phenoxy) is 1. The number of nitrogens with zero attached hydrogens (tertiary/aromatic N) is 2. The van der Waals surface area contributed by atoms with Crippen LogP contribution in [0.5, 0.6) is 0 Å². The lowest BCUT2D eigenvalue weighted by atomic mass is 10.5. The zero-order valence-electron chi connectivity index (χ0n) is 7.03. The predicted octanol–water partition coefficient (Wildman–Crippen LogP) is 0.831. The molecule has 0 aliphatic carbocycles. The molecule has 0 aliphatic heterocycles. The van der Waals surface area contributed by atoms with Crippen molar-refractivity contribution < 1.29 is 14.1 Å². The highest BCUT2D eigenvalue weighted by atomic mass is 16.6. The molecule has 0 N–H and O–H groups in total. The van der Waals surface area contributed by atoms with Crippen molar-refractivity contribution in [3.05, 3.63) is 11.7 Å². The van der Waals surface area contributed by atoms with E-state index in [1.807, 2.05) is 0 Å². The van der Waals surface area contributed by atoms with Crippen molar-refractivity contribution in [1.82, 2.24) is 10.1 Å². The van der Waals surface area contributed by atoms with Gasteiger partial charge in [0.2, 0.25) is 0 Å². The number of aromatic nitrogens is 2. The van der Waals surface area contributed by atoms with Gasteiger partial charge in [0, 0.05) is 6.42 Å². The normalized spacial score (nSPS) is 9.83. The molecular weight excluding hydrogens is 160 g/mol. The molecule has 0 amide bonds. The van der Waals surface area contributed by atoms with Gasteiger partial charge in [-0.3, -0.25) is 4.79 Å². The van der Waals surface area contributed by atoms with Crippen molar-refractivity contribution >= 4 is 5.97 Å². The van der Waals surface area contributed by atoms with Crippen molar-refractivity contribution in [1.29, 1.82) is 0 Å². The Kier molecular flexibility index (Phi) is 2.79. The third-order valence-corrected chi connectivity index (χ3v) is 1.21. The highest BCUT2D eigenvalue weighted by molar-refractivity contribution is 5.68. The van der Waals surface area contributed by atoms with E-state index in [0.717, 1.165) is 0 Å². The molecule has 0 unspecified atom stereocenters. The Morgan fingerprint density at radius 2 is 2.42 bits per heavy atom. The van der Waals surface area contributed by atoms with Crippen LogP contribution in [0.3, 0.4) is 0 Å². The van der Waals surface area contributed by atoms with E-state index >= 15 is 0 Å². The standard InChI is InChI=1S/C7H10N2O3/c1-3-7(10)11-4-6-8-5(2)9-12-6/h3-4H2,1-2H3. The second-order valence-electron chi connectivity index (χ2n) is 2.25. The van der Waals surface area contributed by atoms with Gasteiger partial charge in [0.25, 0.3) is 5.89 Å². The van der Waals surface area contributed by atoms with Crippen LogP contribution >= 0.6 is 0 Å². The number of hydrogen-bond acceptors (Lipinski definition) is 5. The highest BCUT2D eigenvalue weighted by Crippen LogP contribution is 1.98. The van der Waals surface area contributed by atoms with Gasteiger partial charge >= 0.3 is 5.97 Å². The van der Waals surface area contributed by atoms with E-state index in [1.165, 1.54) is 0 Å². The first-order valence-electron chi connectivity index (χ1n) is 3.67. The summed E-state index contributed by atoms with van der Waals surface area (Å²) in [5.41, 5.74) is 0. The van der Waals surface area contributed by atoms with Crippen LogP contribution < -0.4 is 0 Å². The summed E-state index contributed by atoms with van der Waals surface area (Å²) < 4.78 is 9.48. The summed E-state index contributed by atoms with van der Waals surface area (Å²) in [6.45, 7) is 3.49. The van der Waals surface area contributed by atoms with Gasteiger partial charge in [0.05, 0.1) is 0 Å². The zero-order valence-corrected chi connectivity index (χ0v) is 7.03. The van der Waals surface area contributed by atoms with Crippen LogP contribution in [0.4, 0.5) is 0 Å². The monoisotopic (exact) mass is 170 g/mol. The van der Waals surface area contributed by atoms with E-state index < -0.39 is 0 Å². The molecule has 5 heteroatoms. The van der Waals surface area contributed by atoms with Gasteiger partial charge in [-0.15, -0.1) is 0 Å².